The molecule has 3 atom stereocenters. The monoisotopic (exact) mass is 529 g/mol. The first-order valence-electron chi connectivity index (χ1n) is 13.0. The van der Waals surface area contributed by atoms with Gasteiger partial charge in [0.1, 0.15) is 11.7 Å². The highest BCUT2D eigenvalue weighted by atomic mass is 32.2. The Kier molecular flexibility index (Phi) is 7.68. The van der Waals surface area contributed by atoms with Crippen molar-refractivity contribution in [1.29, 1.82) is 0 Å². The first-order chi connectivity index (χ1) is 17.3. The van der Waals surface area contributed by atoms with Crippen molar-refractivity contribution in [3.05, 3.63) is 42.2 Å². The maximum Gasteiger partial charge on any atom is 0.410 e. The van der Waals surface area contributed by atoms with E-state index in [0.717, 1.165) is 10.8 Å². The number of nitrogens with one attached hydrogen (secondary N) is 1. The van der Waals surface area contributed by atoms with E-state index in [2.05, 4.69) is 9.71 Å². The predicted molar refractivity (Wildman–Crippen MR) is 144 cm³/mol. The number of amides is 1. The standard InChI is InChI=1S/C28H39N3O5S/c1-26(2,3)36-25(33)31-15-12-28(13-16-31)18-20(17-22(28)30-37(34)27(4,5)6)35-24(32)23-21-10-8-7-9-19(21)11-14-29-23/h7-11,14,20,22,30H,12-13,15-18H2,1-6H3. The highest BCUT2D eigenvalue weighted by Gasteiger charge is 2.51. The van der Waals surface area contributed by atoms with E-state index < -0.39 is 27.3 Å². The van der Waals surface area contributed by atoms with E-state index in [-0.39, 0.29) is 23.7 Å². The molecule has 1 saturated carbocycles. The summed E-state index contributed by atoms with van der Waals surface area (Å²) in [5.74, 6) is -0.444. The Bertz CT molecular complexity index is 1170. The molecule has 9 heteroatoms. The molecule has 2 aliphatic rings. The van der Waals surface area contributed by atoms with Gasteiger partial charge in [-0.1, -0.05) is 24.3 Å². The van der Waals surface area contributed by atoms with Gasteiger partial charge in [0.05, 0.1) is 15.7 Å². The van der Waals surface area contributed by atoms with Gasteiger partial charge < -0.3 is 14.4 Å². The number of benzene rings is 1. The number of carbonyl (C=O) groups excluding carboxylic acids is 2. The van der Waals surface area contributed by atoms with Crippen LogP contribution >= 0.6 is 0 Å². The van der Waals surface area contributed by atoms with Crippen LogP contribution < -0.4 is 4.72 Å². The Labute approximate surface area is 222 Å². The third kappa shape index (κ3) is 6.32. The number of fused-ring (bicyclic) bond motifs is 1. The molecule has 202 valence electrons. The van der Waals surface area contributed by atoms with Crippen LogP contribution in [0, 0.1) is 5.41 Å². The molecule has 2 heterocycles. The Morgan fingerprint density at radius 3 is 2.41 bits per heavy atom. The lowest BCUT2D eigenvalue weighted by molar-refractivity contribution is 0.00498. The van der Waals surface area contributed by atoms with Gasteiger partial charge in [0.15, 0.2) is 5.69 Å². The number of rotatable bonds is 4. The Balaban J connectivity index is 1.51. The molecule has 1 aliphatic carbocycles. The molecule has 2 fully saturated rings. The molecule has 3 unspecified atom stereocenters. The number of hydrogen-bond donors (Lipinski definition) is 1. The van der Waals surface area contributed by atoms with E-state index in [1.54, 1.807) is 11.1 Å². The van der Waals surface area contributed by atoms with Crippen LogP contribution in [0.5, 0.6) is 0 Å². The van der Waals surface area contributed by atoms with Crippen LogP contribution in [0.15, 0.2) is 36.5 Å². The van der Waals surface area contributed by atoms with Gasteiger partial charge in [0.25, 0.3) is 0 Å². The largest absolute Gasteiger partial charge is 0.458 e. The van der Waals surface area contributed by atoms with Gasteiger partial charge in [-0.05, 0) is 77.7 Å². The minimum Gasteiger partial charge on any atom is -0.458 e. The quantitative estimate of drug-likeness (QED) is 0.561. The molecule has 8 nitrogen and oxygen atoms in total. The van der Waals surface area contributed by atoms with E-state index in [1.807, 2.05) is 71.9 Å². The summed E-state index contributed by atoms with van der Waals surface area (Å²) in [6.07, 6.45) is 3.61. The van der Waals surface area contributed by atoms with E-state index >= 15 is 0 Å². The van der Waals surface area contributed by atoms with Crippen LogP contribution in [0.25, 0.3) is 10.8 Å². The minimum atomic E-state index is -1.28. The number of pyridine rings is 1. The topological polar surface area (TPSA) is 97.8 Å². The summed E-state index contributed by atoms with van der Waals surface area (Å²) in [7, 11) is -1.28. The zero-order valence-corrected chi connectivity index (χ0v) is 23.5. The number of carbonyl (C=O) groups is 2. The molecule has 37 heavy (non-hydrogen) atoms. The van der Waals surface area contributed by atoms with Gasteiger partial charge in [-0.15, -0.1) is 0 Å². The van der Waals surface area contributed by atoms with Crippen molar-refractivity contribution in [3.63, 3.8) is 0 Å². The predicted octanol–water partition coefficient (Wildman–Crippen LogP) is 4.99. The van der Waals surface area contributed by atoms with Crippen molar-refractivity contribution < 1.29 is 23.3 Å². The van der Waals surface area contributed by atoms with Crippen molar-refractivity contribution in [3.8, 4) is 0 Å². The van der Waals surface area contributed by atoms with E-state index in [9.17, 15) is 13.8 Å². The highest BCUT2D eigenvalue weighted by Crippen LogP contribution is 2.48. The van der Waals surface area contributed by atoms with Crippen LogP contribution in [-0.4, -0.2) is 61.7 Å². The molecule has 2 aromatic rings. The van der Waals surface area contributed by atoms with E-state index in [4.69, 9.17) is 9.47 Å². The van der Waals surface area contributed by atoms with Crippen molar-refractivity contribution in [2.24, 2.45) is 5.41 Å². The summed E-state index contributed by atoms with van der Waals surface area (Å²) >= 11 is 0. The fraction of sp³-hybridized carbons (Fsp3) is 0.607. The highest BCUT2D eigenvalue weighted by molar-refractivity contribution is 7.84. The Morgan fingerprint density at radius 2 is 1.76 bits per heavy atom. The van der Waals surface area contributed by atoms with Gasteiger partial charge in [-0.3, -0.25) is 0 Å². The number of likely N-dealkylation sites (tertiary alicyclic amines) is 1. The maximum absolute atomic E-state index is 13.2. The molecule has 0 radical (unpaired) electrons. The van der Waals surface area contributed by atoms with Gasteiger partial charge in [0, 0.05) is 37.1 Å². The lowest BCUT2D eigenvalue weighted by Gasteiger charge is -2.43. The summed E-state index contributed by atoms with van der Waals surface area (Å²) in [6.45, 7) is 12.5. The van der Waals surface area contributed by atoms with Crippen LogP contribution in [-0.2, 0) is 20.5 Å². The number of ether oxygens (including phenoxy) is 2. The Morgan fingerprint density at radius 1 is 1.08 bits per heavy atom. The molecule has 1 aliphatic heterocycles. The number of hydrogen-bond acceptors (Lipinski definition) is 6. The maximum atomic E-state index is 13.2. The molecule has 1 aromatic carbocycles. The first kappa shape index (κ1) is 27.5. The van der Waals surface area contributed by atoms with Gasteiger partial charge in [-0.25, -0.2) is 23.5 Å². The zero-order valence-electron chi connectivity index (χ0n) is 22.7. The fourth-order valence-electron chi connectivity index (χ4n) is 5.26. The van der Waals surface area contributed by atoms with Crippen molar-refractivity contribution in [2.75, 3.05) is 13.1 Å². The lowest BCUT2D eigenvalue weighted by atomic mass is 9.74. The van der Waals surface area contributed by atoms with Crippen LogP contribution in [0.4, 0.5) is 4.79 Å². The van der Waals surface area contributed by atoms with Crippen LogP contribution in [0.1, 0.15) is 77.7 Å². The minimum absolute atomic E-state index is 0.105. The molecule has 4 rings (SSSR count). The summed E-state index contributed by atoms with van der Waals surface area (Å²) in [6, 6.07) is 9.39. The second-order valence-corrected chi connectivity index (χ2v) is 14.2. The van der Waals surface area contributed by atoms with Gasteiger partial charge in [-0.2, -0.15) is 0 Å². The van der Waals surface area contributed by atoms with Crippen LogP contribution in [0.3, 0.4) is 0 Å². The van der Waals surface area contributed by atoms with E-state index in [1.165, 1.54) is 0 Å². The lowest BCUT2D eigenvalue weighted by Crippen LogP contribution is -2.52. The molecular formula is C28H39N3O5S. The molecule has 1 aromatic heterocycles. The molecule has 0 bridgehead atoms. The second-order valence-electron chi connectivity index (χ2n) is 12.2. The number of esters is 1. The molecule has 1 N–H and O–H groups in total. The average Bonchev–Trinajstić information content (AvgIpc) is 3.12. The van der Waals surface area contributed by atoms with Crippen molar-refractivity contribution in [1.82, 2.24) is 14.6 Å². The molecule has 1 saturated heterocycles. The average molecular weight is 530 g/mol. The van der Waals surface area contributed by atoms with Crippen molar-refractivity contribution >= 4 is 33.8 Å². The van der Waals surface area contributed by atoms with Crippen molar-refractivity contribution in [2.45, 2.75) is 89.7 Å². The third-order valence-corrected chi connectivity index (χ3v) is 8.84. The molecular weight excluding hydrogens is 490 g/mol. The SMILES string of the molecule is CC(C)(C)OC(=O)N1CCC2(CC1)CC(OC(=O)c1nccc3ccccc13)CC2NS(=O)C(C)(C)C. The normalized spacial score (nSPS) is 22.7. The first-order valence-corrected chi connectivity index (χ1v) is 14.1. The van der Waals surface area contributed by atoms with Gasteiger partial charge in [0.2, 0.25) is 0 Å². The summed E-state index contributed by atoms with van der Waals surface area (Å²) in [5, 5.41) is 1.69. The number of aromatic nitrogens is 1. The van der Waals surface area contributed by atoms with Crippen LogP contribution in [0.2, 0.25) is 0 Å². The third-order valence-electron chi connectivity index (χ3n) is 7.23. The second kappa shape index (κ2) is 10.3. The number of nitrogens with zero attached hydrogens (tertiary/aromatic N) is 2. The Hall–Kier alpha value is -2.52. The molecule has 1 amide bonds. The molecule has 1 spiro atoms. The number of piperidine rings is 1. The smallest absolute Gasteiger partial charge is 0.410 e. The summed E-state index contributed by atoms with van der Waals surface area (Å²) < 4.78 is 27.6. The van der Waals surface area contributed by atoms with E-state index in [0.29, 0.717) is 44.5 Å². The summed E-state index contributed by atoms with van der Waals surface area (Å²) in [4.78, 5) is 31.9. The fourth-order valence-corrected chi connectivity index (χ4v) is 6.22. The zero-order chi connectivity index (χ0) is 27.0. The van der Waals surface area contributed by atoms with Gasteiger partial charge >= 0.3 is 12.1 Å². The summed E-state index contributed by atoms with van der Waals surface area (Å²) in [5.41, 5.74) is -0.486.